The van der Waals surface area contributed by atoms with Crippen molar-refractivity contribution in [3.8, 4) is 5.75 Å². The number of amides is 1. The van der Waals surface area contributed by atoms with Crippen molar-refractivity contribution in [3.63, 3.8) is 0 Å². The molecule has 0 aliphatic carbocycles. The first-order valence-corrected chi connectivity index (χ1v) is 6.99. The van der Waals surface area contributed by atoms with Crippen LogP contribution in [0.2, 0.25) is 0 Å². The zero-order valence-electron chi connectivity index (χ0n) is 12.3. The number of anilines is 1. The number of benzene rings is 2. The molecule has 2 aromatic rings. The Hall–Kier alpha value is -2.49. The van der Waals surface area contributed by atoms with E-state index in [0.29, 0.717) is 17.8 Å². The Kier molecular flexibility index (Phi) is 4.48. The van der Waals surface area contributed by atoms with E-state index in [4.69, 9.17) is 5.73 Å². The SMILES string of the molecule is CCN(C(=O)c1ccccc1N)C(C)c1cccc(O)c1. The minimum atomic E-state index is -0.144. The molecule has 1 amide bonds. The molecule has 2 aromatic carbocycles. The molecule has 110 valence electrons. The predicted molar refractivity (Wildman–Crippen MR) is 84.1 cm³/mol. The van der Waals surface area contributed by atoms with Crippen molar-refractivity contribution in [3.05, 3.63) is 59.7 Å². The summed E-state index contributed by atoms with van der Waals surface area (Å²) < 4.78 is 0. The van der Waals surface area contributed by atoms with Crippen LogP contribution in [0.3, 0.4) is 0 Å². The number of nitrogens with two attached hydrogens (primary N) is 1. The second kappa shape index (κ2) is 6.31. The average molecular weight is 284 g/mol. The Balaban J connectivity index is 2.31. The second-order valence-electron chi connectivity index (χ2n) is 4.95. The number of nitrogens with zero attached hydrogens (tertiary/aromatic N) is 1. The summed E-state index contributed by atoms with van der Waals surface area (Å²) in [6.07, 6.45) is 0. The van der Waals surface area contributed by atoms with Crippen LogP contribution in [0.25, 0.3) is 0 Å². The van der Waals surface area contributed by atoms with Crippen LogP contribution in [0.15, 0.2) is 48.5 Å². The monoisotopic (exact) mass is 284 g/mol. The lowest BCUT2D eigenvalue weighted by Crippen LogP contribution is -2.33. The van der Waals surface area contributed by atoms with Gasteiger partial charge in [0.2, 0.25) is 0 Å². The Morgan fingerprint density at radius 3 is 2.57 bits per heavy atom. The van der Waals surface area contributed by atoms with Crippen molar-refractivity contribution in [2.24, 2.45) is 0 Å². The topological polar surface area (TPSA) is 66.6 Å². The van der Waals surface area contributed by atoms with Crippen molar-refractivity contribution in [1.82, 2.24) is 4.90 Å². The lowest BCUT2D eigenvalue weighted by Gasteiger charge is -2.29. The van der Waals surface area contributed by atoms with Gasteiger partial charge in [-0.25, -0.2) is 0 Å². The van der Waals surface area contributed by atoms with Gasteiger partial charge in [0, 0.05) is 12.2 Å². The Labute approximate surface area is 124 Å². The van der Waals surface area contributed by atoms with Gasteiger partial charge in [0.15, 0.2) is 0 Å². The molecule has 0 spiro atoms. The normalized spacial score (nSPS) is 11.9. The highest BCUT2D eigenvalue weighted by atomic mass is 16.3. The van der Waals surface area contributed by atoms with Gasteiger partial charge in [0.1, 0.15) is 5.75 Å². The number of hydrogen-bond donors (Lipinski definition) is 2. The molecule has 0 bridgehead atoms. The third-order valence-corrected chi connectivity index (χ3v) is 3.61. The van der Waals surface area contributed by atoms with Crippen LogP contribution >= 0.6 is 0 Å². The number of hydrogen-bond acceptors (Lipinski definition) is 3. The maximum atomic E-state index is 12.7. The summed E-state index contributed by atoms with van der Waals surface area (Å²) in [5.74, 6) is 0.0912. The summed E-state index contributed by atoms with van der Waals surface area (Å²) in [4.78, 5) is 14.4. The molecule has 1 unspecified atom stereocenters. The molecule has 2 rings (SSSR count). The molecule has 0 aliphatic heterocycles. The van der Waals surface area contributed by atoms with Crippen LogP contribution in [0.5, 0.6) is 5.75 Å². The maximum absolute atomic E-state index is 12.7. The van der Waals surface area contributed by atoms with E-state index in [1.54, 1.807) is 47.4 Å². The van der Waals surface area contributed by atoms with E-state index in [0.717, 1.165) is 5.56 Å². The molecule has 0 saturated carbocycles. The van der Waals surface area contributed by atoms with Crippen LogP contribution in [-0.4, -0.2) is 22.5 Å². The van der Waals surface area contributed by atoms with E-state index < -0.39 is 0 Å². The number of phenols is 1. The fourth-order valence-electron chi connectivity index (χ4n) is 2.40. The van der Waals surface area contributed by atoms with Crippen molar-refractivity contribution < 1.29 is 9.90 Å². The lowest BCUT2D eigenvalue weighted by atomic mass is 10.0. The third kappa shape index (κ3) is 3.16. The van der Waals surface area contributed by atoms with Crippen molar-refractivity contribution >= 4 is 11.6 Å². The van der Waals surface area contributed by atoms with Crippen molar-refractivity contribution in [2.45, 2.75) is 19.9 Å². The molecule has 0 heterocycles. The van der Waals surface area contributed by atoms with Gasteiger partial charge in [-0.15, -0.1) is 0 Å². The fourth-order valence-corrected chi connectivity index (χ4v) is 2.40. The number of rotatable bonds is 4. The largest absolute Gasteiger partial charge is 0.508 e. The van der Waals surface area contributed by atoms with Gasteiger partial charge in [-0.05, 0) is 43.7 Å². The number of phenolic OH excluding ortho intramolecular Hbond substituents is 1. The smallest absolute Gasteiger partial charge is 0.256 e. The van der Waals surface area contributed by atoms with Crippen LogP contribution in [0.1, 0.15) is 35.8 Å². The summed E-state index contributed by atoms with van der Waals surface area (Å²) in [5.41, 5.74) is 7.76. The standard InChI is InChI=1S/C17H20N2O2/c1-3-19(12(2)13-7-6-8-14(20)11-13)17(21)15-9-4-5-10-16(15)18/h4-12,20H,3,18H2,1-2H3. The van der Waals surface area contributed by atoms with Crippen molar-refractivity contribution in [1.29, 1.82) is 0 Å². The molecule has 3 N–H and O–H groups in total. The first kappa shape index (κ1) is 14.9. The average Bonchev–Trinajstić information content (AvgIpc) is 2.48. The maximum Gasteiger partial charge on any atom is 0.256 e. The van der Waals surface area contributed by atoms with E-state index in [2.05, 4.69) is 0 Å². The Morgan fingerprint density at radius 1 is 1.24 bits per heavy atom. The van der Waals surface area contributed by atoms with E-state index in [1.807, 2.05) is 19.9 Å². The number of para-hydroxylation sites is 1. The highest BCUT2D eigenvalue weighted by Gasteiger charge is 2.22. The van der Waals surface area contributed by atoms with Gasteiger partial charge in [0.25, 0.3) is 5.91 Å². The van der Waals surface area contributed by atoms with Crippen LogP contribution in [-0.2, 0) is 0 Å². The molecule has 4 heteroatoms. The molecule has 21 heavy (non-hydrogen) atoms. The molecule has 0 aromatic heterocycles. The number of nitrogen functional groups attached to an aromatic ring is 1. The third-order valence-electron chi connectivity index (χ3n) is 3.61. The summed E-state index contributed by atoms with van der Waals surface area (Å²) >= 11 is 0. The Morgan fingerprint density at radius 2 is 1.95 bits per heavy atom. The van der Waals surface area contributed by atoms with Gasteiger partial charge < -0.3 is 15.7 Å². The van der Waals surface area contributed by atoms with Gasteiger partial charge in [-0.1, -0.05) is 24.3 Å². The number of aromatic hydroxyl groups is 1. The molecule has 4 nitrogen and oxygen atoms in total. The summed E-state index contributed by atoms with van der Waals surface area (Å²) in [6, 6.07) is 13.9. The molecular formula is C17H20N2O2. The first-order chi connectivity index (χ1) is 10.0. The summed E-state index contributed by atoms with van der Waals surface area (Å²) in [7, 11) is 0. The molecule has 0 saturated heterocycles. The van der Waals surface area contributed by atoms with Crippen LogP contribution in [0, 0.1) is 0 Å². The summed E-state index contributed by atoms with van der Waals surface area (Å²) in [6.45, 7) is 4.43. The molecule has 0 fully saturated rings. The highest BCUT2D eigenvalue weighted by Crippen LogP contribution is 2.26. The molecule has 1 atom stereocenters. The minimum absolute atomic E-state index is 0.105. The fraction of sp³-hybridized carbons (Fsp3) is 0.235. The van der Waals surface area contributed by atoms with E-state index in [9.17, 15) is 9.90 Å². The van der Waals surface area contributed by atoms with Gasteiger partial charge >= 0.3 is 0 Å². The number of carbonyl (C=O) groups is 1. The first-order valence-electron chi connectivity index (χ1n) is 6.99. The molecular weight excluding hydrogens is 264 g/mol. The van der Waals surface area contributed by atoms with Gasteiger partial charge in [-0.2, -0.15) is 0 Å². The van der Waals surface area contributed by atoms with Crippen LogP contribution in [0.4, 0.5) is 5.69 Å². The quantitative estimate of drug-likeness (QED) is 0.847. The minimum Gasteiger partial charge on any atom is -0.508 e. The molecule has 0 radical (unpaired) electrons. The van der Waals surface area contributed by atoms with E-state index >= 15 is 0 Å². The van der Waals surface area contributed by atoms with Crippen LogP contribution < -0.4 is 5.73 Å². The second-order valence-corrected chi connectivity index (χ2v) is 4.95. The Bertz CT molecular complexity index is 640. The van der Waals surface area contributed by atoms with E-state index in [1.165, 1.54) is 0 Å². The van der Waals surface area contributed by atoms with E-state index in [-0.39, 0.29) is 17.7 Å². The zero-order valence-corrected chi connectivity index (χ0v) is 12.3. The van der Waals surface area contributed by atoms with Gasteiger partial charge in [-0.3, -0.25) is 4.79 Å². The lowest BCUT2D eigenvalue weighted by molar-refractivity contribution is 0.0703. The molecule has 0 aliphatic rings. The number of carbonyl (C=O) groups excluding carboxylic acids is 1. The van der Waals surface area contributed by atoms with Crippen molar-refractivity contribution in [2.75, 3.05) is 12.3 Å². The predicted octanol–water partition coefficient (Wildman–Crippen LogP) is 3.20. The zero-order chi connectivity index (χ0) is 15.4. The van der Waals surface area contributed by atoms with Gasteiger partial charge in [0.05, 0.1) is 11.6 Å². The highest BCUT2D eigenvalue weighted by molar-refractivity contribution is 5.99. The summed E-state index contributed by atoms with van der Waals surface area (Å²) in [5, 5.41) is 9.59.